The normalized spacial score (nSPS) is 10.8. The fraction of sp³-hybridized carbons (Fsp3) is 0.556. The van der Waals surface area contributed by atoms with E-state index in [4.69, 9.17) is 0 Å². The molecule has 1 rings (SSSR count). The van der Waals surface area contributed by atoms with Crippen LogP contribution in [-0.2, 0) is 5.75 Å². The second-order valence-electron chi connectivity index (χ2n) is 2.99. The highest BCUT2D eigenvalue weighted by Gasteiger charge is 2.00. The summed E-state index contributed by atoms with van der Waals surface area (Å²) in [7, 11) is 4.73. The Balaban J connectivity index is 2.14. The highest BCUT2D eigenvalue weighted by atomic mass is 32.2. The van der Waals surface area contributed by atoms with E-state index in [1.807, 2.05) is 0 Å². The summed E-state index contributed by atoms with van der Waals surface area (Å²) in [6.45, 7) is 1.21. The topological polar surface area (TPSA) is 3.24 Å². The van der Waals surface area contributed by atoms with E-state index < -0.39 is 0 Å². The van der Waals surface area contributed by atoms with Crippen molar-refractivity contribution in [2.75, 3.05) is 20.6 Å². The van der Waals surface area contributed by atoms with E-state index in [9.17, 15) is 0 Å². The SMILES string of the molecule is CN(C)CCC[s+]1cccc1. The lowest BCUT2D eigenvalue weighted by Gasteiger charge is -2.05. The van der Waals surface area contributed by atoms with E-state index in [1.54, 1.807) is 0 Å². The molecule has 0 saturated carbocycles. The zero-order chi connectivity index (χ0) is 8.10. The molecule has 0 aromatic carbocycles. The maximum Gasteiger partial charge on any atom is 0.137 e. The lowest BCUT2D eigenvalue weighted by molar-refractivity contribution is 0.405. The molecule has 0 bridgehead atoms. The molecule has 2 heteroatoms. The number of rotatable bonds is 4. The summed E-state index contributed by atoms with van der Waals surface area (Å²) < 4.78 is 0. The molecule has 0 aliphatic carbocycles. The van der Waals surface area contributed by atoms with E-state index in [-0.39, 0.29) is 0 Å². The summed E-state index contributed by atoms with van der Waals surface area (Å²) in [5.41, 5.74) is 0. The van der Waals surface area contributed by atoms with Crippen LogP contribution in [0.15, 0.2) is 22.9 Å². The van der Waals surface area contributed by atoms with Gasteiger partial charge in [-0.25, -0.2) is 0 Å². The maximum atomic E-state index is 2.30. The monoisotopic (exact) mass is 170 g/mol. The van der Waals surface area contributed by atoms with Gasteiger partial charge in [0.25, 0.3) is 0 Å². The molecule has 0 unspecified atom stereocenters. The standard InChI is InChI=1S/C9H16NS/c1-10(2)6-5-9-11-7-3-4-8-11/h3-4,7-8H,5-6,9H2,1-2H3/q+1. The summed E-state index contributed by atoms with van der Waals surface area (Å²) in [5, 5.41) is 4.60. The molecule has 0 spiro atoms. The van der Waals surface area contributed by atoms with Crippen LogP contribution < -0.4 is 0 Å². The fourth-order valence-corrected chi connectivity index (χ4v) is 2.43. The summed E-state index contributed by atoms with van der Waals surface area (Å²) in [5.74, 6) is 1.32. The molecule has 0 amide bonds. The average molecular weight is 170 g/mol. The zero-order valence-corrected chi connectivity index (χ0v) is 8.10. The lowest BCUT2D eigenvalue weighted by atomic mass is 10.5. The molecule has 1 heterocycles. The predicted molar refractivity (Wildman–Crippen MR) is 52.1 cm³/mol. The minimum absolute atomic E-state index is 0.469. The third-order valence-corrected chi connectivity index (χ3v) is 3.38. The van der Waals surface area contributed by atoms with Gasteiger partial charge >= 0.3 is 0 Å². The van der Waals surface area contributed by atoms with Gasteiger partial charge in [0, 0.05) is 13.0 Å². The predicted octanol–water partition coefficient (Wildman–Crippen LogP) is 2.39. The van der Waals surface area contributed by atoms with Crippen LogP contribution in [0, 0.1) is 0 Å². The van der Waals surface area contributed by atoms with Crippen molar-refractivity contribution < 1.29 is 0 Å². The average Bonchev–Trinajstić information content (AvgIpc) is 2.39. The molecule has 0 aliphatic heterocycles. The number of thiophene rings is 1. The second kappa shape index (κ2) is 4.52. The Morgan fingerprint density at radius 3 is 2.36 bits per heavy atom. The van der Waals surface area contributed by atoms with Gasteiger partial charge in [0.2, 0.25) is 0 Å². The van der Waals surface area contributed by atoms with Crippen molar-refractivity contribution in [2.45, 2.75) is 12.2 Å². The van der Waals surface area contributed by atoms with Crippen LogP contribution in [0.2, 0.25) is 0 Å². The maximum absolute atomic E-state index is 2.30. The Kier molecular flexibility index (Phi) is 3.60. The van der Waals surface area contributed by atoms with Crippen LogP contribution in [0.3, 0.4) is 0 Å². The Labute approximate surface area is 71.6 Å². The first-order chi connectivity index (χ1) is 5.29. The van der Waals surface area contributed by atoms with Gasteiger partial charge in [-0.15, -0.1) is 0 Å². The molecule has 0 fully saturated rings. The molecule has 11 heavy (non-hydrogen) atoms. The number of hydrogen-bond acceptors (Lipinski definition) is 1. The Hall–Kier alpha value is -0.340. The summed E-state index contributed by atoms with van der Waals surface area (Å²) in [6.07, 6.45) is 1.31. The number of aryl methyl sites for hydroxylation is 1. The highest BCUT2D eigenvalue weighted by Crippen LogP contribution is 2.18. The molecule has 62 valence electrons. The van der Waals surface area contributed by atoms with Crippen molar-refractivity contribution >= 4 is 10.5 Å². The smallest absolute Gasteiger partial charge is 0.137 e. The van der Waals surface area contributed by atoms with Crippen molar-refractivity contribution in [2.24, 2.45) is 0 Å². The largest absolute Gasteiger partial charge is 0.309 e. The van der Waals surface area contributed by atoms with Gasteiger partial charge < -0.3 is 4.90 Å². The third-order valence-electron chi connectivity index (χ3n) is 1.60. The van der Waals surface area contributed by atoms with Crippen LogP contribution >= 0.6 is 10.5 Å². The molecule has 0 saturated heterocycles. The van der Waals surface area contributed by atoms with Crippen molar-refractivity contribution in [3.05, 3.63) is 22.9 Å². The van der Waals surface area contributed by atoms with E-state index in [0.717, 1.165) is 0 Å². The highest BCUT2D eigenvalue weighted by molar-refractivity contribution is 7.27. The van der Waals surface area contributed by atoms with E-state index in [2.05, 4.69) is 41.9 Å². The third kappa shape index (κ3) is 3.54. The Morgan fingerprint density at radius 2 is 1.82 bits per heavy atom. The Morgan fingerprint density at radius 1 is 1.18 bits per heavy atom. The van der Waals surface area contributed by atoms with Crippen LogP contribution in [0.5, 0.6) is 0 Å². The first-order valence-corrected chi connectivity index (χ1v) is 5.49. The van der Waals surface area contributed by atoms with Gasteiger partial charge in [-0.3, -0.25) is 0 Å². The van der Waals surface area contributed by atoms with Crippen molar-refractivity contribution in [3.63, 3.8) is 0 Å². The van der Waals surface area contributed by atoms with E-state index in [1.165, 1.54) is 18.7 Å². The van der Waals surface area contributed by atoms with Crippen LogP contribution in [0.4, 0.5) is 0 Å². The van der Waals surface area contributed by atoms with E-state index in [0.29, 0.717) is 10.5 Å². The lowest BCUT2D eigenvalue weighted by Crippen LogP contribution is -2.12. The number of hydrogen-bond donors (Lipinski definition) is 0. The van der Waals surface area contributed by atoms with Crippen LogP contribution in [0.1, 0.15) is 6.42 Å². The molecular weight excluding hydrogens is 154 g/mol. The summed E-state index contributed by atoms with van der Waals surface area (Å²) >= 11 is 0. The van der Waals surface area contributed by atoms with Crippen molar-refractivity contribution in [1.82, 2.24) is 4.90 Å². The van der Waals surface area contributed by atoms with Gasteiger partial charge in [0.05, 0.1) is 0 Å². The van der Waals surface area contributed by atoms with Crippen LogP contribution in [-0.4, -0.2) is 25.5 Å². The molecule has 1 aromatic rings. The quantitative estimate of drug-likeness (QED) is 0.627. The fourth-order valence-electron chi connectivity index (χ4n) is 1.02. The van der Waals surface area contributed by atoms with Gasteiger partial charge in [-0.2, -0.15) is 0 Å². The van der Waals surface area contributed by atoms with Gasteiger partial charge in [0.15, 0.2) is 0 Å². The molecule has 0 aliphatic rings. The summed E-state index contributed by atoms with van der Waals surface area (Å²) in [4.78, 5) is 2.24. The van der Waals surface area contributed by atoms with Crippen molar-refractivity contribution in [3.8, 4) is 0 Å². The Bertz CT molecular complexity index is 179. The first-order valence-electron chi connectivity index (χ1n) is 3.97. The van der Waals surface area contributed by atoms with Crippen molar-refractivity contribution in [1.29, 1.82) is 0 Å². The van der Waals surface area contributed by atoms with E-state index >= 15 is 0 Å². The van der Waals surface area contributed by atoms with Gasteiger partial charge in [-0.1, -0.05) is 0 Å². The van der Waals surface area contributed by atoms with Gasteiger partial charge in [0.1, 0.15) is 16.5 Å². The minimum Gasteiger partial charge on any atom is -0.309 e. The van der Waals surface area contributed by atoms with Gasteiger partial charge in [-0.05, 0) is 36.7 Å². The first kappa shape index (κ1) is 8.75. The molecular formula is C9H16NS+. The molecule has 1 nitrogen and oxygen atoms in total. The molecule has 1 aromatic heterocycles. The molecule has 0 N–H and O–H groups in total. The molecule has 0 atom stereocenters. The number of nitrogens with zero attached hydrogens (tertiary/aromatic N) is 1. The minimum atomic E-state index is 0.469. The second-order valence-corrected chi connectivity index (χ2v) is 4.88. The van der Waals surface area contributed by atoms with Crippen LogP contribution in [0.25, 0.3) is 0 Å². The zero-order valence-electron chi connectivity index (χ0n) is 7.29. The summed E-state index contributed by atoms with van der Waals surface area (Å²) in [6, 6.07) is 4.30. The molecule has 0 radical (unpaired) electrons.